The zero-order valence-electron chi connectivity index (χ0n) is 23.5. The number of hydrogen-bond donors (Lipinski definition) is 2. The van der Waals surface area contributed by atoms with Crippen LogP contribution in [-0.2, 0) is 36.6 Å². The Bertz CT molecular complexity index is 1340. The normalized spacial score (nSPS) is 14.5. The van der Waals surface area contributed by atoms with Crippen LogP contribution in [-0.4, -0.2) is 34.1 Å². The molecule has 0 saturated carbocycles. The first-order valence-corrected chi connectivity index (χ1v) is 14.1. The molecule has 4 aromatic rings. The fourth-order valence-electron chi connectivity index (χ4n) is 5.72. The lowest BCUT2D eigenvalue weighted by molar-refractivity contribution is -0.130. The monoisotopic (exact) mass is 551 g/mol. The predicted molar refractivity (Wildman–Crippen MR) is 159 cm³/mol. The smallest absolute Gasteiger partial charge is 0.219 e. The van der Waals surface area contributed by atoms with E-state index in [4.69, 9.17) is 9.47 Å². The van der Waals surface area contributed by atoms with Gasteiger partial charge >= 0.3 is 0 Å². The molecule has 4 aromatic carbocycles. The Morgan fingerprint density at radius 2 is 1.05 bits per heavy atom. The molecule has 0 aliphatic carbocycles. The molecule has 6 nitrogen and oxygen atoms in total. The van der Waals surface area contributed by atoms with E-state index >= 15 is 0 Å². The van der Waals surface area contributed by atoms with Crippen molar-refractivity contribution >= 4 is 5.91 Å². The Morgan fingerprint density at radius 3 is 1.41 bits per heavy atom. The Labute approximate surface area is 241 Å². The van der Waals surface area contributed by atoms with E-state index in [9.17, 15) is 15.0 Å². The highest BCUT2D eigenvalue weighted by atomic mass is 16.5. The van der Waals surface area contributed by atoms with E-state index in [1.165, 1.54) is 11.1 Å². The molecule has 0 radical (unpaired) electrons. The van der Waals surface area contributed by atoms with Crippen LogP contribution in [0.2, 0.25) is 0 Å². The van der Waals surface area contributed by atoms with Gasteiger partial charge in [0.1, 0.15) is 24.7 Å². The number of hydrogen-bond acceptors (Lipinski definition) is 5. The van der Waals surface area contributed by atoms with Crippen LogP contribution in [0.3, 0.4) is 0 Å². The van der Waals surface area contributed by atoms with Crippen molar-refractivity contribution in [3.05, 3.63) is 130 Å². The number of piperidine rings is 1. The molecule has 212 valence electrons. The van der Waals surface area contributed by atoms with E-state index in [0.717, 1.165) is 46.6 Å². The minimum atomic E-state index is -0.240. The maximum Gasteiger partial charge on any atom is 0.219 e. The predicted octanol–water partition coefficient (Wildman–Crippen LogP) is 5.76. The zero-order valence-corrected chi connectivity index (χ0v) is 23.5. The van der Waals surface area contributed by atoms with E-state index in [-0.39, 0.29) is 24.5 Å². The van der Waals surface area contributed by atoms with Crippen molar-refractivity contribution < 1.29 is 24.5 Å². The molecule has 1 fully saturated rings. The van der Waals surface area contributed by atoms with Gasteiger partial charge in [-0.1, -0.05) is 72.8 Å². The van der Waals surface area contributed by atoms with Crippen LogP contribution in [0.25, 0.3) is 0 Å². The van der Waals surface area contributed by atoms with Gasteiger partial charge in [0.25, 0.3) is 0 Å². The van der Waals surface area contributed by atoms with E-state index in [1.807, 2.05) is 77.7 Å². The number of rotatable bonds is 10. The van der Waals surface area contributed by atoms with Gasteiger partial charge in [-0.3, -0.25) is 4.79 Å². The number of likely N-dealkylation sites (tertiary alicyclic amines) is 1. The van der Waals surface area contributed by atoms with Crippen LogP contribution in [0.5, 0.6) is 11.5 Å². The minimum absolute atomic E-state index is 0.0158. The van der Waals surface area contributed by atoms with Crippen molar-refractivity contribution in [2.24, 2.45) is 0 Å². The first-order valence-electron chi connectivity index (χ1n) is 14.1. The van der Waals surface area contributed by atoms with Crippen molar-refractivity contribution in [2.75, 3.05) is 13.1 Å². The van der Waals surface area contributed by atoms with E-state index < -0.39 is 0 Å². The summed E-state index contributed by atoms with van der Waals surface area (Å²) in [7, 11) is 0. The largest absolute Gasteiger partial charge is 0.489 e. The first-order chi connectivity index (χ1) is 20.0. The van der Waals surface area contributed by atoms with Gasteiger partial charge in [-0.05, 0) is 70.5 Å². The van der Waals surface area contributed by atoms with Crippen LogP contribution >= 0.6 is 0 Å². The summed E-state index contributed by atoms with van der Waals surface area (Å²) >= 11 is 0. The molecule has 0 spiro atoms. The van der Waals surface area contributed by atoms with Gasteiger partial charge in [0.2, 0.25) is 5.91 Å². The molecule has 6 heteroatoms. The summed E-state index contributed by atoms with van der Waals surface area (Å²) in [6, 6.07) is 32.0. The third-order valence-corrected chi connectivity index (χ3v) is 8.24. The van der Waals surface area contributed by atoms with Gasteiger partial charge in [-0.2, -0.15) is 0 Å². The molecule has 1 saturated heterocycles. The number of ether oxygens (including phenoxy) is 2. The molecule has 1 aliphatic rings. The molecule has 0 atom stereocenters. The fraction of sp³-hybridized carbons (Fsp3) is 0.286. The number of aliphatic hydroxyl groups excluding tert-OH is 2. The first kappa shape index (κ1) is 28.4. The van der Waals surface area contributed by atoms with Crippen molar-refractivity contribution in [1.29, 1.82) is 0 Å². The van der Waals surface area contributed by atoms with Crippen LogP contribution in [0, 0.1) is 0 Å². The molecular formula is C35H37NO5. The maximum atomic E-state index is 12.1. The second kappa shape index (κ2) is 13.0. The summed E-state index contributed by atoms with van der Waals surface area (Å²) in [5.74, 6) is 1.65. The average molecular weight is 552 g/mol. The summed E-state index contributed by atoms with van der Waals surface area (Å²) in [6.07, 6.45) is 1.64. The number of nitrogens with zero attached hydrogens (tertiary/aromatic N) is 1. The van der Waals surface area contributed by atoms with Crippen LogP contribution in [0.1, 0.15) is 53.1 Å². The Kier molecular flexibility index (Phi) is 9.02. The summed E-state index contributed by atoms with van der Waals surface area (Å²) in [5, 5.41) is 19.2. The van der Waals surface area contributed by atoms with E-state index in [0.29, 0.717) is 26.3 Å². The van der Waals surface area contributed by atoms with Crippen LogP contribution in [0.4, 0.5) is 0 Å². The van der Waals surface area contributed by atoms with Crippen molar-refractivity contribution in [2.45, 2.75) is 51.6 Å². The quantitative estimate of drug-likeness (QED) is 0.262. The Morgan fingerprint density at radius 1 is 0.659 bits per heavy atom. The standard InChI is InChI=1S/C35H37NO5/c1-26(39)36-20-18-35(19-21-36,31-10-14-33(15-11-31)40-24-29-8-4-2-6-27(29)22-37)32-12-16-34(17-13-32)41-25-30-9-5-3-7-28(30)23-38/h2-17,37-38H,18-25H2,1H3. The second-order valence-corrected chi connectivity index (χ2v) is 10.6. The minimum Gasteiger partial charge on any atom is -0.489 e. The molecule has 0 aromatic heterocycles. The topological polar surface area (TPSA) is 79.2 Å². The van der Waals surface area contributed by atoms with Gasteiger partial charge in [0.05, 0.1) is 13.2 Å². The van der Waals surface area contributed by atoms with Crippen LogP contribution < -0.4 is 9.47 Å². The molecule has 41 heavy (non-hydrogen) atoms. The van der Waals surface area contributed by atoms with Crippen LogP contribution in [0.15, 0.2) is 97.1 Å². The second-order valence-electron chi connectivity index (χ2n) is 10.6. The molecule has 1 heterocycles. The number of carbonyl (C=O) groups is 1. The fourth-order valence-corrected chi connectivity index (χ4v) is 5.72. The molecule has 0 unspecified atom stereocenters. The summed E-state index contributed by atoms with van der Waals surface area (Å²) in [4.78, 5) is 14.0. The van der Waals surface area contributed by atoms with E-state index in [2.05, 4.69) is 24.3 Å². The maximum absolute atomic E-state index is 12.1. The van der Waals surface area contributed by atoms with E-state index in [1.54, 1.807) is 6.92 Å². The SMILES string of the molecule is CC(=O)N1CCC(c2ccc(OCc3ccccc3CO)cc2)(c2ccc(OCc3ccccc3CO)cc2)CC1. The molecule has 0 bridgehead atoms. The lowest BCUT2D eigenvalue weighted by Gasteiger charge is -2.42. The number of benzene rings is 4. The van der Waals surface area contributed by atoms with Crippen molar-refractivity contribution in [3.8, 4) is 11.5 Å². The molecular weight excluding hydrogens is 514 g/mol. The Balaban J connectivity index is 1.34. The zero-order chi connectivity index (χ0) is 28.7. The van der Waals surface area contributed by atoms with Crippen molar-refractivity contribution in [3.63, 3.8) is 0 Å². The number of aliphatic hydroxyl groups is 2. The highest BCUT2D eigenvalue weighted by Crippen LogP contribution is 2.43. The lowest BCUT2D eigenvalue weighted by atomic mass is 9.68. The van der Waals surface area contributed by atoms with Crippen molar-refractivity contribution in [1.82, 2.24) is 4.90 Å². The van der Waals surface area contributed by atoms with Gasteiger partial charge in [0, 0.05) is 25.4 Å². The molecule has 5 rings (SSSR count). The molecule has 2 N–H and O–H groups in total. The molecule has 1 aliphatic heterocycles. The summed E-state index contributed by atoms with van der Waals surface area (Å²) in [6.45, 7) is 3.77. The van der Waals surface area contributed by atoms with Gasteiger partial charge < -0.3 is 24.6 Å². The third-order valence-electron chi connectivity index (χ3n) is 8.24. The third kappa shape index (κ3) is 6.45. The summed E-state index contributed by atoms with van der Waals surface area (Å²) in [5.41, 5.74) is 5.80. The Hall–Kier alpha value is -4.13. The highest BCUT2D eigenvalue weighted by Gasteiger charge is 2.38. The average Bonchev–Trinajstić information content (AvgIpc) is 3.03. The summed E-state index contributed by atoms with van der Waals surface area (Å²) < 4.78 is 12.1. The lowest BCUT2D eigenvalue weighted by Crippen LogP contribution is -2.45. The van der Waals surface area contributed by atoms with Gasteiger partial charge in [-0.15, -0.1) is 0 Å². The number of amides is 1. The molecule has 1 amide bonds. The van der Waals surface area contributed by atoms with Gasteiger partial charge in [0.15, 0.2) is 0 Å². The highest BCUT2D eigenvalue weighted by molar-refractivity contribution is 5.73. The van der Waals surface area contributed by atoms with Gasteiger partial charge in [-0.25, -0.2) is 0 Å². The number of carbonyl (C=O) groups excluding carboxylic acids is 1.